The number of fused-ring (bicyclic) bond motifs is 1. The van der Waals surface area contributed by atoms with E-state index in [1.807, 2.05) is 0 Å². The van der Waals surface area contributed by atoms with Crippen LogP contribution < -0.4 is 5.32 Å². The first-order valence-electron chi connectivity index (χ1n) is 7.77. The first-order chi connectivity index (χ1) is 10.6. The summed E-state index contributed by atoms with van der Waals surface area (Å²) in [6.07, 6.45) is 7.88. The first kappa shape index (κ1) is 14.8. The molecule has 0 atom stereocenters. The third-order valence-electron chi connectivity index (χ3n) is 4.29. The molecule has 5 heteroatoms. The van der Waals surface area contributed by atoms with Crippen molar-refractivity contribution < 1.29 is 14.0 Å². The van der Waals surface area contributed by atoms with E-state index in [1.165, 1.54) is 37.2 Å². The number of rotatable bonds is 3. The van der Waals surface area contributed by atoms with E-state index in [0.29, 0.717) is 16.5 Å². The Labute approximate surface area is 128 Å². The zero-order valence-electron chi connectivity index (χ0n) is 12.3. The van der Waals surface area contributed by atoms with E-state index in [-0.39, 0.29) is 11.9 Å². The van der Waals surface area contributed by atoms with Crippen LogP contribution in [-0.4, -0.2) is 22.7 Å². The monoisotopic (exact) mass is 302 g/mol. The zero-order chi connectivity index (χ0) is 15.5. The van der Waals surface area contributed by atoms with Gasteiger partial charge in [0.15, 0.2) is 0 Å². The maximum atomic E-state index is 13.2. The van der Waals surface area contributed by atoms with Crippen LogP contribution in [0.1, 0.15) is 48.9 Å². The second kappa shape index (κ2) is 6.30. The van der Waals surface area contributed by atoms with Gasteiger partial charge in [-0.2, -0.15) is 0 Å². The van der Waals surface area contributed by atoms with E-state index >= 15 is 0 Å². The van der Waals surface area contributed by atoms with Crippen LogP contribution in [0.4, 0.5) is 4.39 Å². The van der Waals surface area contributed by atoms with Gasteiger partial charge in [0.25, 0.3) is 11.7 Å². The third-order valence-corrected chi connectivity index (χ3v) is 4.29. The fraction of sp³-hybridized carbons (Fsp3) is 0.412. The minimum Gasteiger partial charge on any atom is -0.360 e. The van der Waals surface area contributed by atoms with E-state index in [2.05, 4.69) is 10.3 Å². The van der Waals surface area contributed by atoms with Gasteiger partial charge >= 0.3 is 0 Å². The predicted octanol–water partition coefficient (Wildman–Crippen LogP) is 3.33. The van der Waals surface area contributed by atoms with Crippen LogP contribution in [0.3, 0.4) is 0 Å². The molecule has 1 saturated carbocycles. The van der Waals surface area contributed by atoms with Gasteiger partial charge in [-0.3, -0.25) is 9.59 Å². The minimum atomic E-state index is -0.572. The zero-order valence-corrected chi connectivity index (χ0v) is 12.3. The van der Waals surface area contributed by atoms with Crippen LogP contribution in [0.15, 0.2) is 24.4 Å². The molecular formula is C17H19FN2O2. The Morgan fingerprint density at radius 1 is 1.14 bits per heavy atom. The molecule has 0 radical (unpaired) electrons. The minimum absolute atomic E-state index is 0.0848. The number of hydrogen-bond donors (Lipinski definition) is 2. The highest BCUT2D eigenvalue weighted by molar-refractivity contribution is 6.45. The summed E-state index contributed by atoms with van der Waals surface area (Å²) < 4.78 is 13.2. The number of carbonyl (C=O) groups is 2. The van der Waals surface area contributed by atoms with Crippen molar-refractivity contribution >= 4 is 22.6 Å². The van der Waals surface area contributed by atoms with Crippen molar-refractivity contribution in [1.82, 2.24) is 10.3 Å². The molecule has 3 rings (SSSR count). The summed E-state index contributed by atoms with van der Waals surface area (Å²) in [4.78, 5) is 27.4. The molecule has 1 heterocycles. The van der Waals surface area contributed by atoms with Crippen LogP contribution in [0, 0.1) is 5.82 Å². The topological polar surface area (TPSA) is 62.0 Å². The van der Waals surface area contributed by atoms with Crippen LogP contribution >= 0.6 is 0 Å². The lowest BCUT2D eigenvalue weighted by Gasteiger charge is -2.15. The standard InChI is InChI=1S/C17H19FN2O2/c18-11-7-8-13-14(10-19-15(13)9-11)16(21)17(22)20-12-5-3-1-2-4-6-12/h7-10,12,19H,1-6H2,(H,20,22). The number of Topliss-reactive ketones (excluding diaryl/α,β-unsaturated/α-hetero) is 1. The van der Waals surface area contributed by atoms with E-state index < -0.39 is 11.7 Å². The Balaban J connectivity index is 1.75. The van der Waals surface area contributed by atoms with Gasteiger partial charge in [-0.1, -0.05) is 25.7 Å². The summed E-state index contributed by atoms with van der Waals surface area (Å²) in [6, 6.07) is 4.21. The molecule has 0 unspecified atom stereocenters. The highest BCUT2D eigenvalue weighted by Gasteiger charge is 2.23. The Morgan fingerprint density at radius 2 is 1.86 bits per heavy atom. The molecule has 0 aliphatic heterocycles. The summed E-state index contributed by atoms with van der Waals surface area (Å²) in [5.41, 5.74) is 0.812. The Bertz CT molecular complexity index is 700. The lowest BCUT2D eigenvalue weighted by molar-refractivity contribution is -0.117. The number of carbonyl (C=O) groups excluding carboxylic acids is 2. The van der Waals surface area contributed by atoms with Gasteiger partial charge in [-0.15, -0.1) is 0 Å². The molecule has 2 aromatic rings. The fourth-order valence-electron chi connectivity index (χ4n) is 3.08. The van der Waals surface area contributed by atoms with Crippen molar-refractivity contribution in [2.45, 2.75) is 44.6 Å². The second-order valence-corrected chi connectivity index (χ2v) is 5.88. The quantitative estimate of drug-likeness (QED) is 0.519. The smallest absolute Gasteiger partial charge is 0.292 e. The molecule has 0 bridgehead atoms. The van der Waals surface area contributed by atoms with Crippen molar-refractivity contribution in [2.24, 2.45) is 0 Å². The molecule has 4 nitrogen and oxygen atoms in total. The number of ketones is 1. The van der Waals surface area contributed by atoms with E-state index in [1.54, 1.807) is 0 Å². The van der Waals surface area contributed by atoms with Crippen molar-refractivity contribution in [1.29, 1.82) is 0 Å². The number of nitrogens with one attached hydrogen (secondary N) is 2. The molecule has 1 amide bonds. The van der Waals surface area contributed by atoms with Crippen LogP contribution in [0.2, 0.25) is 0 Å². The third kappa shape index (κ3) is 3.03. The lowest BCUT2D eigenvalue weighted by atomic mass is 10.1. The number of amides is 1. The summed E-state index contributed by atoms with van der Waals surface area (Å²) in [6.45, 7) is 0. The van der Waals surface area contributed by atoms with Gasteiger partial charge in [-0.05, 0) is 31.0 Å². The van der Waals surface area contributed by atoms with Crippen molar-refractivity contribution in [2.75, 3.05) is 0 Å². The van der Waals surface area contributed by atoms with E-state index in [4.69, 9.17) is 0 Å². The van der Waals surface area contributed by atoms with Gasteiger partial charge in [0, 0.05) is 23.1 Å². The average molecular weight is 302 g/mol. The molecular weight excluding hydrogens is 283 g/mol. The predicted molar refractivity (Wildman–Crippen MR) is 82.2 cm³/mol. The maximum absolute atomic E-state index is 13.2. The highest BCUT2D eigenvalue weighted by Crippen LogP contribution is 2.21. The largest absolute Gasteiger partial charge is 0.360 e. The Kier molecular flexibility index (Phi) is 4.22. The van der Waals surface area contributed by atoms with Crippen molar-refractivity contribution in [3.8, 4) is 0 Å². The first-order valence-corrected chi connectivity index (χ1v) is 7.77. The molecule has 1 aromatic heterocycles. The summed E-state index contributed by atoms with van der Waals surface area (Å²) in [5.74, 6) is -1.52. The maximum Gasteiger partial charge on any atom is 0.292 e. The molecule has 1 aliphatic carbocycles. The van der Waals surface area contributed by atoms with Gasteiger partial charge in [0.2, 0.25) is 0 Å². The summed E-state index contributed by atoms with van der Waals surface area (Å²) in [7, 11) is 0. The SMILES string of the molecule is O=C(NC1CCCCCC1)C(=O)c1c[nH]c2cc(F)ccc12. The van der Waals surface area contributed by atoms with Crippen molar-refractivity contribution in [3.05, 3.63) is 35.8 Å². The molecule has 2 N–H and O–H groups in total. The van der Waals surface area contributed by atoms with E-state index in [9.17, 15) is 14.0 Å². The Hall–Kier alpha value is -2.17. The van der Waals surface area contributed by atoms with E-state index in [0.717, 1.165) is 25.7 Å². The van der Waals surface area contributed by atoms with Gasteiger partial charge in [-0.25, -0.2) is 4.39 Å². The Morgan fingerprint density at radius 3 is 2.59 bits per heavy atom. The van der Waals surface area contributed by atoms with Gasteiger partial charge in [0.1, 0.15) is 5.82 Å². The summed E-state index contributed by atoms with van der Waals surface area (Å²) >= 11 is 0. The number of hydrogen-bond acceptors (Lipinski definition) is 2. The fourth-order valence-corrected chi connectivity index (χ4v) is 3.08. The average Bonchev–Trinajstić information content (AvgIpc) is 2.74. The molecule has 0 spiro atoms. The summed E-state index contributed by atoms with van der Waals surface area (Å²) in [5, 5.41) is 3.42. The molecule has 116 valence electrons. The van der Waals surface area contributed by atoms with Crippen LogP contribution in [-0.2, 0) is 4.79 Å². The second-order valence-electron chi connectivity index (χ2n) is 5.88. The van der Waals surface area contributed by atoms with Crippen molar-refractivity contribution in [3.63, 3.8) is 0 Å². The molecule has 1 aliphatic rings. The van der Waals surface area contributed by atoms with Crippen LogP contribution in [0.5, 0.6) is 0 Å². The molecule has 1 fully saturated rings. The normalized spacial score (nSPS) is 16.4. The number of aromatic nitrogens is 1. The molecule has 1 aromatic carbocycles. The number of aromatic amines is 1. The molecule has 0 saturated heterocycles. The van der Waals surface area contributed by atoms with Gasteiger partial charge < -0.3 is 10.3 Å². The molecule has 22 heavy (non-hydrogen) atoms. The van der Waals surface area contributed by atoms with Gasteiger partial charge in [0.05, 0.1) is 5.56 Å². The van der Waals surface area contributed by atoms with Crippen LogP contribution in [0.25, 0.3) is 10.9 Å². The lowest BCUT2D eigenvalue weighted by Crippen LogP contribution is -2.39. The number of H-pyrrole nitrogens is 1. The number of halogens is 1. The number of benzene rings is 1. The highest BCUT2D eigenvalue weighted by atomic mass is 19.1.